The molecule has 254 valence electrons. The van der Waals surface area contributed by atoms with Crippen molar-refractivity contribution >= 4 is 17.9 Å². The second-order valence-electron chi connectivity index (χ2n) is 12.5. The van der Waals surface area contributed by atoms with Crippen LogP contribution in [0.15, 0.2) is 0 Å². The first-order valence-corrected chi connectivity index (χ1v) is 18.5. The van der Waals surface area contributed by atoms with Crippen LogP contribution in [0.5, 0.6) is 0 Å². The Labute approximate surface area is 266 Å². The van der Waals surface area contributed by atoms with Gasteiger partial charge in [-0.2, -0.15) is 0 Å². The van der Waals surface area contributed by atoms with Crippen molar-refractivity contribution in [3.8, 4) is 0 Å². The van der Waals surface area contributed by atoms with Crippen LogP contribution in [0.25, 0.3) is 0 Å². The fourth-order valence-corrected chi connectivity index (χ4v) is 5.26. The van der Waals surface area contributed by atoms with E-state index in [1.54, 1.807) is 0 Å². The van der Waals surface area contributed by atoms with Gasteiger partial charge in [0, 0.05) is 19.3 Å². The third-order valence-electron chi connectivity index (χ3n) is 8.11. The molecule has 1 atom stereocenters. The summed E-state index contributed by atoms with van der Waals surface area (Å²) in [6.45, 7) is 6.53. The van der Waals surface area contributed by atoms with Gasteiger partial charge in [0.25, 0.3) is 0 Å². The highest BCUT2D eigenvalue weighted by atomic mass is 16.6. The highest BCUT2D eigenvalue weighted by Crippen LogP contribution is 2.14. The number of hydrogen-bond donors (Lipinski definition) is 0. The third kappa shape index (κ3) is 31.6. The average molecular weight is 611 g/mol. The summed E-state index contributed by atoms with van der Waals surface area (Å²) in [4.78, 5) is 37.1. The summed E-state index contributed by atoms with van der Waals surface area (Å²) in [5, 5.41) is 0. The molecule has 0 aliphatic rings. The Morgan fingerprint density at radius 3 is 0.930 bits per heavy atom. The number of hydrogen-bond acceptors (Lipinski definition) is 6. The molecule has 0 aromatic rings. The molecule has 0 bridgehead atoms. The monoisotopic (exact) mass is 611 g/mol. The molecule has 0 unspecified atom stereocenters. The minimum absolute atomic E-state index is 0.0651. The maximum absolute atomic E-state index is 12.5. The Morgan fingerprint density at radius 1 is 0.372 bits per heavy atom. The number of carbonyl (C=O) groups excluding carboxylic acids is 3. The molecule has 0 amide bonds. The first-order valence-electron chi connectivity index (χ1n) is 18.5. The van der Waals surface area contributed by atoms with Gasteiger partial charge in [0.15, 0.2) is 6.10 Å². The molecule has 0 radical (unpaired) electrons. The largest absolute Gasteiger partial charge is 0.462 e. The van der Waals surface area contributed by atoms with E-state index in [1.165, 1.54) is 103 Å². The van der Waals surface area contributed by atoms with Gasteiger partial charge < -0.3 is 14.2 Å². The molecule has 6 nitrogen and oxygen atoms in total. The van der Waals surface area contributed by atoms with Gasteiger partial charge in [0.05, 0.1) is 0 Å². The fourth-order valence-electron chi connectivity index (χ4n) is 5.26. The Bertz CT molecular complexity index is 635. The van der Waals surface area contributed by atoms with Crippen LogP contribution in [-0.4, -0.2) is 37.2 Å². The van der Waals surface area contributed by atoms with Crippen molar-refractivity contribution in [3.05, 3.63) is 0 Å². The highest BCUT2D eigenvalue weighted by molar-refractivity contribution is 5.71. The Balaban J connectivity index is 4.30. The lowest BCUT2D eigenvalue weighted by atomic mass is 10.1. The summed E-state index contributed by atoms with van der Waals surface area (Å²) in [6, 6.07) is 0. The summed E-state index contributed by atoms with van der Waals surface area (Å²) in [7, 11) is 0. The maximum Gasteiger partial charge on any atom is 0.306 e. The van der Waals surface area contributed by atoms with Crippen molar-refractivity contribution in [1.29, 1.82) is 0 Å². The van der Waals surface area contributed by atoms with Crippen molar-refractivity contribution in [3.63, 3.8) is 0 Å². The van der Waals surface area contributed by atoms with E-state index in [9.17, 15) is 14.4 Å². The second-order valence-corrected chi connectivity index (χ2v) is 12.5. The van der Waals surface area contributed by atoms with E-state index < -0.39 is 6.10 Å². The van der Waals surface area contributed by atoms with E-state index >= 15 is 0 Å². The molecule has 0 saturated heterocycles. The van der Waals surface area contributed by atoms with E-state index in [2.05, 4.69) is 20.8 Å². The molecule has 0 rings (SSSR count). The van der Waals surface area contributed by atoms with Crippen LogP contribution < -0.4 is 0 Å². The van der Waals surface area contributed by atoms with E-state index in [1.807, 2.05) is 0 Å². The lowest BCUT2D eigenvalue weighted by Gasteiger charge is -2.18. The zero-order chi connectivity index (χ0) is 31.6. The van der Waals surface area contributed by atoms with Crippen LogP contribution in [0.4, 0.5) is 0 Å². The first kappa shape index (κ1) is 41.4. The van der Waals surface area contributed by atoms with Gasteiger partial charge in [-0.3, -0.25) is 14.4 Å². The normalized spacial score (nSPS) is 11.8. The van der Waals surface area contributed by atoms with E-state index in [0.29, 0.717) is 19.3 Å². The number of rotatable bonds is 33. The maximum atomic E-state index is 12.5. The van der Waals surface area contributed by atoms with Crippen molar-refractivity contribution in [2.75, 3.05) is 13.2 Å². The minimum Gasteiger partial charge on any atom is -0.462 e. The Hall–Kier alpha value is -1.59. The predicted octanol–water partition coefficient (Wildman–Crippen LogP) is 11.0. The number of carbonyl (C=O) groups is 3. The fraction of sp³-hybridized carbons (Fsp3) is 0.919. The molecule has 0 aromatic heterocycles. The Morgan fingerprint density at radius 2 is 0.628 bits per heavy atom. The minimum atomic E-state index is -0.753. The molecule has 0 aliphatic heterocycles. The van der Waals surface area contributed by atoms with Crippen LogP contribution in [0, 0.1) is 0 Å². The molecule has 0 aromatic carbocycles. The summed E-state index contributed by atoms with van der Waals surface area (Å²) >= 11 is 0. The topological polar surface area (TPSA) is 78.9 Å². The molecule has 0 aliphatic carbocycles. The van der Waals surface area contributed by atoms with Gasteiger partial charge in [-0.25, -0.2) is 0 Å². The quantitative estimate of drug-likeness (QED) is 0.0418. The van der Waals surface area contributed by atoms with Gasteiger partial charge >= 0.3 is 17.9 Å². The van der Waals surface area contributed by atoms with E-state index in [4.69, 9.17) is 14.2 Å². The number of unbranched alkanes of at least 4 members (excludes halogenated alkanes) is 22. The first-order chi connectivity index (χ1) is 21.0. The number of esters is 3. The van der Waals surface area contributed by atoms with Crippen LogP contribution in [0.3, 0.4) is 0 Å². The molecule has 0 saturated carbocycles. The summed E-state index contributed by atoms with van der Waals surface area (Å²) < 4.78 is 16.5. The smallest absolute Gasteiger partial charge is 0.306 e. The predicted molar refractivity (Wildman–Crippen MR) is 178 cm³/mol. The molecule has 0 fully saturated rings. The molecule has 0 N–H and O–H groups in total. The van der Waals surface area contributed by atoms with Crippen LogP contribution in [-0.2, 0) is 28.6 Å². The lowest BCUT2D eigenvalue weighted by molar-refractivity contribution is -0.167. The van der Waals surface area contributed by atoms with Crippen molar-refractivity contribution in [2.45, 2.75) is 207 Å². The van der Waals surface area contributed by atoms with Gasteiger partial charge in [-0.1, -0.05) is 162 Å². The molecule has 43 heavy (non-hydrogen) atoms. The molecule has 6 heteroatoms. The van der Waals surface area contributed by atoms with Crippen LogP contribution >= 0.6 is 0 Å². The van der Waals surface area contributed by atoms with Gasteiger partial charge in [-0.05, 0) is 19.3 Å². The molecular formula is C37H70O6. The standard InChI is InChI=1S/C37H70O6/c1-4-7-10-13-16-17-18-19-22-24-27-30-36(39)42-33-34(43-37(40)31-28-25-21-15-12-9-6-3)32-41-35(38)29-26-23-20-14-11-8-5-2/h34H,4-33H2,1-3H3/t34-/m0/s1. The molecule has 0 heterocycles. The van der Waals surface area contributed by atoms with Crippen LogP contribution in [0.2, 0.25) is 0 Å². The average Bonchev–Trinajstić information content (AvgIpc) is 3.00. The molecule has 0 spiro atoms. The van der Waals surface area contributed by atoms with Gasteiger partial charge in [0.1, 0.15) is 13.2 Å². The van der Waals surface area contributed by atoms with Crippen molar-refractivity contribution in [2.24, 2.45) is 0 Å². The number of ether oxygens (including phenoxy) is 3. The van der Waals surface area contributed by atoms with Crippen molar-refractivity contribution in [1.82, 2.24) is 0 Å². The highest BCUT2D eigenvalue weighted by Gasteiger charge is 2.19. The summed E-state index contributed by atoms with van der Waals surface area (Å²) in [5.41, 5.74) is 0. The SMILES string of the molecule is CCCCCCCCCCCCCC(=O)OC[C@H](COC(=O)CCCCCCCCC)OC(=O)CCCCCCCCC. The zero-order valence-electron chi connectivity index (χ0n) is 28.7. The van der Waals surface area contributed by atoms with Gasteiger partial charge in [0.2, 0.25) is 0 Å². The van der Waals surface area contributed by atoms with Crippen LogP contribution in [0.1, 0.15) is 201 Å². The lowest BCUT2D eigenvalue weighted by Crippen LogP contribution is -2.30. The second kappa shape index (κ2) is 33.3. The van der Waals surface area contributed by atoms with E-state index in [0.717, 1.165) is 57.8 Å². The van der Waals surface area contributed by atoms with Crippen molar-refractivity contribution < 1.29 is 28.6 Å². The van der Waals surface area contributed by atoms with E-state index in [-0.39, 0.29) is 31.1 Å². The molecular weight excluding hydrogens is 540 g/mol. The Kier molecular flexibility index (Phi) is 32.1. The summed E-state index contributed by atoms with van der Waals surface area (Å²) in [6.07, 6.45) is 29.6. The van der Waals surface area contributed by atoms with Gasteiger partial charge in [-0.15, -0.1) is 0 Å². The summed E-state index contributed by atoms with van der Waals surface area (Å²) in [5.74, 6) is -0.879. The zero-order valence-corrected chi connectivity index (χ0v) is 28.7. The third-order valence-corrected chi connectivity index (χ3v) is 8.11.